The van der Waals surface area contributed by atoms with Crippen LogP contribution in [0.15, 0.2) is 23.1 Å². The molecule has 0 saturated heterocycles. The van der Waals surface area contributed by atoms with Crippen molar-refractivity contribution in [3.8, 4) is 0 Å². The molecule has 4 rings (SSSR count). The summed E-state index contributed by atoms with van der Waals surface area (Å²) in [6.07, 6.45) is 6.43. The van der Waals surface area contributed by atoms with Gasteiger partial charge in [0.25, 0.3) is 0 Å². The lowest BCUT2D eigenvalue weighted by Crippen LogP contribution is -2.09. The predicted molar refractivity (Wildman–Crippen MR) is 129 cm³/mol. The Bertz CT molecular complexity index is 1100. The van der Waals surface area contributed by atoms with E-state index in [1.807, 2.05) is 6.92 Å². The summed E-state index contributed by atoms with van der Waals surface area (Å²) in [5.74, 6) is 2.98. The van der Waals surface area contributed by atoms with Crippen molar-refractivity contribution in [3.05, 3.63) is 45.3 Å². The lowest BCUT2D eigenvalue weighted by Gasteiger charge is -2.13. The number of unbranched alkanes of at least 4 members (excludes halogenated alkanes) is 2. The van der Waals surface area contributed by atoms with E-state index in [0.29, 0.717) is 26.5 Å². The number of hydrogen-bond acceptors (Lipinski definition) is 4. The van der Waals surface area contributed by atoms with Crippen molar-refractivity contribution in [3.63, 3.8) is 0 Å². The molecule has 0 amide bonds. The second-order valence-electron chi connectivity index (χ2n) is 8.42. The van der Waals surface area contributed by atoms with Gasteiger partial charge in [0.1, 0.15) is 17.1 Å². The number of nitrogens with zero attached hydrogens (tertiary/aromatic N) is 3. The predicted octanol–water partition coefficient (Wildman–Crippen LogP) is 5.87. The first-order valence-corrected chi connectivity index (χ1v) is 12.9. The molecule has 31 heavy (non-hydrogen) atoms. The van der Waals surface area contributed by atoms with Gasteiger partial charge in [0.05, 0.1) is 10.5 Å². The minimum absolute atomic E-state index is 0.470. The van der Waals surface area contributed by atoms with E-state index in [9.17, 15) is 4.55 Å². The second-order valence-corrected chi connectivity index (χ2v) is 10.8. The molecule has 1 unspecified atom stereocenters. The van der Waals surface area contributed by atoms with Gasteiger partial charge < -0.3 is 14.9 Å². The summed E-state index contributed by atoms with van der Waals surface area (Å²) in [6.45, 7) is 4.99. The van der Waals surface area contributed by atoms with E-state index in [-0.39, 0.29) is 0 Å². The standard InChI is InChI=1S/C23H28Cl2N4OS/c1-14-15(2)27-23(26)21-22(14)29(20(28-21)12-16-6-7-16)10-4-3-5-11-31(30)19-9-8-17(24)13-18(19)25/h8-9,13,16H,3-7,10-12H2,1-2H3,(H2,26,27). The summed E-state index contributed by atoms with van der Waals surface area (Å²) in [6, 6.07) is 5.13. The zero-order valence-electron chi connectivity index (χ0n) is 18.0. The Hall–Kier alpha value is -1.47. The molecule has 5 nitrogen and oxygen atoms in total. The molecule has 0 spiro atoms. The molecule has 0 aliphatic heterocycles. The van der Waals surface area contributed by atoms with Crippen molar-refractivity contribution in [2.24, 2.45) is 5.92 Å². The number of benzene rings is 1. The number of aromatic nitrogens is 3. The van der Waals surface area contributed by atoms with Gasteiger partial charge in [0.2, 0.25) is 0 Å². The van der Waals surface area contributed by atoms with Gasteiger partial charge in [-0.3, -0.25) is 0 Å². The monoisotopic (exact) mass is 478 g/mol. The minimum Gasteiger partial charge on any atom is -0.611 e. The van der Waals surface area contributed by atoms with Crippen LogP contribution in [0.5, 0.6) is 0 Å². The molecule has 1 aliphatic carbocycles. The van der Waals surface area contributed by atoms with Crippen LogP contribution in [0.3, 0.4) is 0 Å². The summed E-state index contributed by atoms with van der Waals surface area (Å²) < 4.78 is 14.9. The Morgan fingerprint density at radius 3 is 2.65 bits per heavy atom. The first kappa shape index (κ1) is 22.7. The minimum atomic E-state index is -1.11. The largest absolute Gasteiger partial charge is 0.611 e. The third kappa shape index (κ3) is 5.14. The highest BCUT2D eigenvalue weighted by Gasteiger charge is 2.26. The van der Waals surface area contributed by atoms with E-state index in [0.717, 1.165) is 66.3 Å². The lowest BCUT2D eigenvalue weighted by molar-refractivity contribution is 0.568. The maximum Gasteiger partial charge on any atom is 0.171 e. The van der Waals surface area contributed by atoms with Crippen molar-refractivity contribution < 1.29 is 4.55 Å². The van der Waals surface area contributed by atoms with Crippen LogP contribution in [0.1, 0.15) is 49.2 Å². The molecule has 1 fully saturated rings. The smallest absolute Gasteiger partial charge is 0.171 e. The number of hydrogen-bond donors (Lipinski definition) is 1. The van der Waals surface area contributed by atoms with Crippen LogP contribution in [-0.4, -0.2) is 24.8 Å². The number of fused-ring (bicyclic) bond motifs is 1. The molecular weight excluding hydrogens is 451 g/mol. The van der Waals surface area contributed by atoms with Crippen LogP contribution in [-0.2, 0) is 24.1 Å². The quantitative estimate of drug-likeness (QED) is 0.308. The fraction of sp³-hybridized carbons (Fsp3) is 0.478. The van der Waals surface area contributed by atoms with Crippen LogP contribution in [0.4, 0.5) is 5.82 Å². The molecule has 1 atom stereocenters. The van der Waals surface area contributed by atoms with Crippen LogP contribution in [0.25, 0.3) is 11.0 Å². The highest BCUT2D eigenvalue weighted by molar-refractivity contribution is 7.91. The summed E-state index contributed by atoms with van der Waals surface area (Å²) >= 11 is 11.0. The van der Waals surface area contributed by atoms with Gasteiger partial charge in [-0.2, -0.15) is 0 Å². The number of nitrogens with two attached hydrogens (primary N) is 1. The van der Waals surface area contributed by atoms with E-state index < -0.39 is 11.2 Å². The van der Waals surface area contributed by atoms with Gasteiger partial charge in [0.15, 0.2) is 10.7 Å². The van der Waals surface area contributed by atoms with Gasteiger partial charge in [-0.05, 0) is 86.8 Å². The number of aryl methyl sites for hydroxylation is 3. The molecule has 8 heteroatoms. The van der Waals surface area contributed by atoms with Crippen molar-refractivity contribution in [2.45, 2.75) is 63.8 Å². The Labute approximate surface area is 196 Å². The third-order valence-corrected chi connectivity index (χ3v) is 8.16. The number of halogens is 2. The van der Waals surface area contributed by atoms with Crippen LogP contribution in [0.2, 0.25) is 10.0 Å². The van der Waals surface area contributed by atoms with E-state index in [1.54, 1.807) is 18.2 Å². The molecule has 1 aromatic carbocycles. The van der Waals surface area contributed by atoms with Gasteiger partial charge in [0, 0.05) is 23.7 Å². The molecule has 0 radical (unpaired) electrons. The van der Waals surface area contributed by atoms with E-state index >= 15 is 0 Å². The Morgan fingerprint density at radius 2 is 1.94 bits per heavy atom. The zero-order chi connectivity index (χ0) is 22.1. The molecule has 166 valence electrons. The first-order valence-electron chi connectivity index (χ1n) is 10.8. The molecule has 1 aliphatic rings. The highest BCUT2D eigenvalue weighted by atomic mass is 35.5. The van der Waals surface area contributed by atoms with E-state index in [2.05, 4.69) is 16.5 Å². The van der Waals surface area contributed by atoms with Crippen LogP contribution < -0.4 is 5.73 Å². The number of pyridine rings is 1. The van der Waals surface area contributed by atoms with Crippen molar-refractivity contribution in [2.75, 3.05) is 11.5 Å². The molecule has 2 heterocycles. The Morgan fingerprint density at radius 1 is 1.16 bits per heavy atom. The summed E-state index contributed by atoms with van der Waals surface area (Å²) in [5.41, 5.74) is 10.3. The van der Waals surface area contributed by atoms with Gasteiger partial charge in [-0.25, -0.2) is 9.97 Å². The summed E-state index contributed by atoms with van der Waals surface area (Å²) in [4.78, 5) is 10.0. The van der Waals surface area contributed by atoms with E-state index in [1.165, 1.54) is 12.8 Å². The lowest BCUT2D eigenvalue weighted by atomic mass is 10.2. The maximum absolute atomic E-state index is 12.6. The maximum atomic E-state index is 12.6. The topological polar surface area (TPSA) is 79.8 Å². The van der Waals surface area contributed by atoms with Gasteiger partial charge >= 0.3 is 0 Å². The molecule has 3 aromatic rings. The Kier molecular flexibility index (Phi) is 7.01. The highest BCUT2D eigenvalue weighted by Crippen LogP contribution is 2.35. The molecule has 1 saturated carbocycles. The van der Waals surface area contributed by atoms with Crippen LogP contribution in [0, 0.1) is 19.8 Å². The van der Waals surface area contributed by atoms with Crippen molar-refractivity contribution >= 4 is 51.2 Å². The average molecular weight is 479 g/mol. The fourth-order valence-corrected chi connectivity index (χ4v) is 5.82. The normalized spacial score (nSPS) is 15.0. The number of anilines is 1. The molecule has 2 N–H and O–H groups in total. The van der Waals surface area contributed by atoms with Crippen molar-refractivity contribution in [1.82, 2.24) is 14.5 Å². The molecule has 2 aromatic heterocycles. The fourth-order valence-electron chi connectivity index (χ4n) is 3.97. The third-order valence-electron chi connectivity index (χ3n) is 5.99. The second kappa shape index (κ2) is 9.57. The first-order chi connectivity index (χ1) is 14.8. The number of rotatable bonds is 9. The van der Waals surface area contributed by atoms with E-state index in [4.69, 9.17) is 33.9 Å². The molecular formula is C23H28Cl2N4OS. The number of imidazole rings is 1. The van der Waals surface area contributed by atoms with Crippen molar-refractivity contribution in [1.29, 1.82) is 0 Å². The summed E-state index contributed by atoms with van der Waals surface area (Å²) in [7, 11) is 0. The zero-order valence-corrected chi connectivity index (χ0v) is 20.3. The summed E-state index contributed by atoms with van der Waals surface area (Å²) in [5, 5.41) is 1.03. The van der Waals surface area contributed by atoms with Gasteiger partial charge in [-0.15, -0.1) is 0 Å². The molecule has 0 bridgehead atoms. The SMILES string of the molecule is Cc1nc(N)c2nc(CC3CC3)n(CCCCC[S+]([O-])c3ccc(Cl)cc3Cl)c2c1C. The van der Waals surface area contributed by atoms with Crippen LogP contribution >= 0.6 is 23.2 Å². The average Bonchev–Trinajstić information content (AvgIpc) is 3.45. The van der Waals surface area contributed by atoms with Gasteiger partial charge in [-0.1, -0.05) is 23.2 Å². The number of nitrogen functional groups attached to an aromatic ring is 1. The Balaban J connectivity index is 1.41.